The summed E-state index contributed by atoms with van der Waals surface area (Å²) in [4.78, 5) is 10.5. The molecule has 6 nitrogen and oxygen atoms in total. The van der Waals surface area contributed by atoms with Gasteiger partial charge in [-0.2, -0.15) is 13.2 Å². The Balaban J connectivity index is 2.01. The minimum absolute atomic E-state index is 0.0645. The lowest BCUT2D eigenvalue weighted by atomic mass is 10.2. The van der Waals surface area contributed by atoms with Crippen molar-refractivity contribution in [3.63, 3.8) is 0 Å². The maximum atomic E-state index is 12.8. The van der Waals surface area contributed by atoms with Gasteiger partial charge >= 0.3 is 6.18 Å². The van der Waals surface area contributed by atoms with E-state index >= 15 is 0 Å². The lowest BCUT2D eigenvalue weighted by Crippen LogP contribution is -2.06. The van der Waals surface area contributed by atoms with E-state index in [0.717, 1.165) is 29.5 Å². The van der Waals surface area contributed by atoms with Crippen LogP contribution in [0.1, 0.15) is 12.5 Å². The molecule has 0 radical (unpaired) electrons. The Labute approximate surface area is 156 Å². The van der Waals surface area contributed by atoms with E-state index in [1.165, 1.54) is 0 Å². The summed E-state index contributed by atoms with van der Waals surface area (Å²) in [6.45, 7) is 2.36. The van der Waals surface area contributed by atoms with Gasteiger partial charge in [0.2, 0.25) is 0 Å². The van der Waals surface area contributed by atoms with Crippen molar-refractivity contribution in [3.8, 4) is 11.4 Å². The third kappa shape index (κ3) is 3.95. The van der Waals surface area contributed by atoms with Crippen molar-refractivity contribution in [3.05, 3.63) is 64.2 Å². The molecule has 2 aromatic carbocycles. The number of nitro benzene ring substituents is 1. The molecule has 140 valence electrons. The molecule has 3 aromatic rings. The zero-order chi connectivity index (χ0) is 19.6. The zero-order valence-electron chi connectivity index (χ0n) is 14.0. The average Bonchev–Trinajstić information content (AvgIpc) is 3.04. The van der Waals surface area contributed by atoms with E-state index < -0.39 is 22.4 Å². The van der Waals surface area contributed by atoms with Gasteiger partial charge in [0.1, 0.15) is 0 Å². The molecule has 1 heterocycles. The predicted octanol–water partition coefficient (Wildman–Crippen LogP) is 5.04. The van der Waals surface area contributed by atoms with Crippen LogP contribution >= 0.6 is 11.8 Å². The van der Waals surface area contributed by atoms with E-state index in [2.05, 4.69) is 10.2 Å². The predicted molar refractivity (Wildman–Crippen MR) is 93.4 cm³/mol. The van der Waals surface area contributed by atoms with Crippen LogP contribution in [0.3, 0.4) is 0 Å². The number of rotatable bonds is 5. The molecule has 0 atom stereocenters. The number of halogens is 3. The fourth-order valence-corrected chi connectivity index (χ4v) is 3.45. The molecular formula is C17H13F3N4O2S. The van der Waals surface area contributed by atoms with Crippen molar-refractivity contribution in [1.29, 1.82) is 0 Å². The van der Waals surface area contributed by atoms with Crippen LogP contribution in [0.15, 0.2) is 58.6 Å². The highest BCUT2D eigenvalue weighted by atomic mass is 32.2. The van der Waals surface area contributed by atoms with Crippen molar-refractivity contribution in [2.75, 3.05) is 0 Å². The molecule has 0 aliphatic carbocycles. The Bertz CT molecular complexity index is 974. The number of benzene rings is 2. The second-order valence-electron chi connectivity index (χ2n) is 5.46. The smallest absolute Gasteiger partial charge is 0.302 e. The molecule has 3 rings (SSSR count). The molecule has 0 spiro atoms. The second kappa shape index (κ2) is 7.39. The van der Waals surface area contributed by atoms with Gasteiger partial charge in [-0.15, -0.1) is 10.2 Å². The molecule has 0 amide bonds. The monoisotopic (exact) mass is 394 g/mol. The summed E-state index contributed by atoms with van der Waals surface area (Å²) < 4.78 is 40.3. The first kappa shape index (κ1) is 18.9. The molecule has 10 heteroatoms. The fraction of sp³-hybridized carbons (Fsp3) is 0.176. The highest BCUT2D eigenvalue weighted by Gasteiger charge is 2.33. The topological polar surface area (TPSA) is 73.8 Å². The molecule has 0 saturated heterocycles. The van der Waals surface area contributed by atoms with Crippen LogP contribution in [-0.2, 0) is 12.7 Å². The number of alkyl halides is 3. The van der Waals surface area contributed by atoms with Crippen LogP contribution in [0, 0.1) is 10.1 Å². The molecule has 0 fully saturated rings. The Hall–Kier alpha value is -2.88. The highest BCUT2D eigenvalue weighted by molar-refractivity contribution is 7.99. The largest absolute Gasteiger partial charge is 0.416 e. The summed E-state index contributed by atoms with van der Waals surface area (Å²) in [6, 6.07) is 11.7. The summed E-state index contributed by atoms with van der Waals surface area (Å²) in [5.41, 5.74) is -0.872. The van der Waals surface area contributed by atoms with Gasteiger partial charge in [-0.25, -0.2) is 0 Å². The fourth-order valence-electron chi connectivity index (χ4n) is 2.47. The molecule has 0 aliphatic heterocycles. The number of nitrogens with zero attached hydrogens (tertiary/aromatic N) is 4. The zero-order valence-corrected chi connectivity index (χ0v) is 14.8. The molecule has 0 N–H and O–H groups in total. The quantitative estimate of drug-likeness (QED) is 0.448. The second-order valence-corrected chi connectivity index (χ2v) is 6.46. The van der Waals surface area contributed by atoms with Crippen LogP contribution in [0.2, 0.25) is 0 Å². The highest BCUT2D eigenvalue weighted by Crippen LogP contribution is 2.39. The molecule has 27 heavy (non-hydrogen) atoms. The van der Waals surface area contributed by atoms with Gasteiger partial charge in [-0.3, -0.25) is 10.1 Å². The first-order chi connectivity index (χ1) is 12.8. The summed E-state index contributed by atoms with van der Waals surface area (Å²) >= 11 is 0.909. The lowest BCUT2D eigenvalue weighted by Gasteiger charge is -2.09. The van der Waals surface area contributed by atoms with Crippen molar-refractivity contribution < 1.29 is 18.1 Å². The van der Waals surface area contributed by atoms with Gasteiger partial charge in [0.05, 0.1) is 15.4 Å². The number of hydrogen-bond acceptors (Lipinski definition) is 5. The van der Waals surface area contributed by atoms with Crippen LogP contribution in [0.25, 0.3) is 11.4 Å². The third-order valence-corrected chi connectivity index (χ3v) is 4.80. The van der Waals surface area contributed by atoms with Crippen LogP contribution in [0.4, 0.5) is 18.9 Å². The number of nitro groups is 1. The third-order valence-electron chi connectivity index (χ3n) is 3.75. The molecule has 1 aromatic heterocycles. The molecule has 0 aliphatic rings. The summed E-state index contributed by atoms with van der Waals surface area (Å²) in [6.07, 6.45) is -4.65. The van der Waals surface area contributed by atoms with E-state index in [9.17, 15) is 23.3 Å². The molecule has 0 unspecified atom stereocenters. The Morgan fingerprint density at radius 1 is 1.15 bits per heavy atom. The summed E-state index contributed by atoms with van der Waals surface area (Å²) in [5.74, 6) is 0.579. The SMILES string of the molecule is CCn1c(Sc2ccc(C(F)(F)F)cc2[N+](=O)[O-])nnc1-c1ccccc1. The molecule has 0 saturated carbocycles. The van der Waals surface area contributed by atoms with Gasteiger partial charge < -0.3 is 4.57 Å². The Kier molecular flexibility index (Phi) is 5.17. The number of aromatic nitrogens is 3. The lowest BCUT2D eigenvalue weighted by molar-refractivity contribution is -0.388. The van der Waals surface area contributed by atoms with Crippen molar-refractivity contribution in [1.82, 2.24) is 14.8 Å². The summed E-state index contributed by atoms with van der Waals surface area (Å²) in [5, 5.41) is 19.8. The number of hydrogen-bond donors (Lipinski definition) is 0. The maximum absolute atomic E-state index is 12.8. The van der Waals surface area contributed by atoms with Gasteiger partial charge in [-0.05, 0) is 30.8 Å². The molecule has 0 bridgehead atoms. The molecular weight excluding hydrogens is 381 g/mol. The summed E-state index contributed by atoms with van der Waals surface area (Å²) in [7, 11) is 0. The van der Waals surface area contributed by atoms with Crippen molar-refractivity contribution in [2.24, 2.45) is 0 Å². The first-order valence-electron chi connectivity index (χ1n) is 7.83. The normalized spacial score (nSPS) is 11.6. The van der Waals surface area contributed by atoms with E-state index in [1.807, 2.05) is 37.3 Å². The Morgan fingerprint density at radius 2 is 1.85 bits per heavy atom. The first-order valence-corrected chi connectivity index (χ1v) is 8.65. The van der Waals surface area contributed by atoms with E-state index in [4.69, 9.17) is 0 Å². The minimum atomic E-state index is -4.65. The van der Waals surface area contributed by atoms with E-state index in [1.54, 1.807) is 4.57 Å². The van der Waals surface area contributed by atoms with Gasteiger partial charge in [0.25, 0.3) is 5.69 Å². The van der Waals surface area contributed by atoms with E-state index in [0.29, 0.717) is 23.6 Å². The van der Waals surface area contributed by atoms with Crippen LogP contribution in [0.5, 0.6) is 0 Å². The average molecular weight is 394 g/mol. The van der Waals surface area contributed by atoms with Crippen LogP contribution in [-0.4, -0.2) is 19.7 Å². The standard InChI is InChI=1S/C17H13F3N4O2S/c1-2-23-15(11-6-4-3-5-7-11)21-22-16(23)27-14-9-8-12(17(18,19)20)10-13(14)24(25)26/h3-10H,2H2,1H3. The van der Waals surface area contributed by atoms with Gasteiger partial charge in [0.15, 0.2) is 11.0 Å². The Morgan fingerprint density at radius 3 is 2.44 bits per heavy atom. The van der Waals surface area contributed by atoms with Crippen molar-refractivity contribution >= 4 is 17.4 Å². The van der Waals surface area contributed by atoms with Crippen molar-refractivity contribution in [2.45, 2.75) is 29.7 Å². The van der Waals surface area contributed by atoms with Gasteiger partial charge in [-0.1, -0.05) is 30.3 Å². The van der Waals surface area contributed by atoms with Gasteiger partial charge in [0, 0.05) is 18.2 Å². The van der Waals surface area contributed by atoms with Crippen LogP contribution < -0.4 is 0 Å². The van der Waals surface area contributed by atoms with E-state index in [-0.39, 0.29) is 4.90 Å². The minimum Gasteiger partial charge on any atom is -0.302 e. The maximum Gasteiger partial charge on any atom is 0.416 e.